The summed E-state index contributed by atoms with van der Waals surface area (Å²) < 4.78 is 0. The van der Waals surface area contributed by atoms with Crippen LogP contribution in [0.2, 0.25) is 0 Å². The third-order valence-corrected chi connectivity index (χ3v) is 5.23. The van der Waals surface area contributed by atoms with Crippen molar-refractivity contribution in [3.63, 3.8) is 0 Å². The molecule has 0 bridgehead atoms. The van der Waals surface area contributed by atoms with E-state index in [-0.39, 0.29) is 0 Å². The van der Waals surface area contributed by atoms with E-state index >= 15 is 0 Å². The molecule has 2 saturated heterocycles. The topological polar surface area (TPSA) is 35.5 Å². The molecule has 0 N–H and O–H groups in total. The first kappa shape index (κ1) is 15.1. The normalized spacial score (nSPS) is 25.2. The van der Waals surface area contributed by atoms with E-state index in [1.807, 2.05) is 6.26 Å². The Bertz CT molecular complexity index is 444. The average molecular weight is 307 g/mol. The second-order valence-corrected chi connectivity index (χ2v) is 6.84. The molecule has 21 heavy (non-hydrogen) atoms. The van der Waals surface area contributed by atoms with Gasteiger partial charge in [-0.25, -0.2) is 0 Å². The number of aromatic nitrogens is 2. The molecular weight excluding hydrogens is 282 g/mol. The number of thioether (sulfide) groups is 1. The van der Waals surface area contributed by atoms with Gasteiger partial charge < -0.3 is 9.80 Å². The first-order valence-electron chi connectivity index (χ1n) is 7.81. The predicted octanol–water partition coefficient (Wildman–Crippen LogP) is 1.41. The number of piperazine rings is 1. The van der Waals surface area contributed by atoms with Crippen LogP contribution in [-0.4, -0.2) is 78.6 Å². The highest BCUT2D eigenvalue weighted by Crippen LogP contribution is 2.20. The van der Waals surface area contributed by atoms with Gasteiger partial charge in [0.25, 0.3) is 0 Å². The number of hydrogen-bond donors (Lipinski definition) is 0. The zero-order valence-corrected chi connectivity index (χ0v) is 13.8. The van der Waals surface area contributed by atoms with Crippen molar-refractivity contribution in [2.45, 2.75) is 23.9 Å². The van der Waals surface area contributed by atoms with Crippen molar-refractivity contribution < 1.29 is 0 Å². The quantitative estimate of drug-likeness (QED) is 0.786. The van der Waals surface area contributed by atoms with Crippen LogP contribution in [0.25, 0.3) is 0 Å². The van der Waals surface area contributed by atoms with Crippen LogP contribution in [0.15, 0.2) is 17.2 Å². The van der Waals surface area contributed by atoms with E-state index in [4.69, 9.17) is 0 Å². The molecule has 0 aliphatic carbocycles. The third-order valence-electron chi connectivity index (χ3n) is 4.59. The van der Waals surface area contributed by atoms with Gasteiger partial charge in [-0.2, -0.15) is 0 Å². The predicted molar refractivity (Wildman–Crippen MR) is 88.1 cm³/mol. The van der Waals surface area contributed by atoms with Gasteiger partial charge in [-0.1, -0.05) is 0 Å². The highest BCUT2D eigenvalue weighted by molar-refractivity contribution is 7.98. The maximum atomic E-state index is 4.35. The van der Waals surface area contributed by atoms with Crippen molar-refractivity contribution in [1.29, 1.82) is 0 Å². The average Bonchev–Trinajstić information content (AvgIpc) is 2.55. The summed E-state index contributed by atoms with van der Waals surface area (Å²) in [6, 6.07) is 4.91. The van der Waals surface area contributed by atoms with E-state index in [9.17, 15) is 0 Å². The first-order valence-corrected chi connectivity index (χ1v) is 9.04. The number of piperidine rings is 1. The summed E-state index contributed by atoms with van der Waals surface area (Å²) in [5, 5.41) is 9.58. The Hall–Kier alpha value is -0.850. The SMILES string of the molecule is CSc1ccc(N2CCN(C3CCCN(C)C3)CC2)nn1. The van der Waals surface area contributed by atoms with E-state index in [1.54, 1.807) is 11.8 Å². The standard InChI is InChI=1S/C15H25N5S/c1-18-7-3-4-13(12-18)19-8-10-20(11-9-19)14-5-6-15(21-2)17-16-14/h5-6,13H,3-4,7-12H2,1-2H3. The Morgan fingerprint density at radius 1 is 1.10 bits per heavy atom. The zero-order valence-electron chi connectivity index (χ0n) is 13.0. The van der Waals surface area contributed by atoms with Crippen molar-refractivity contribution in [1.82, 2.24) is 20.0 Å². The zero-order chi connectivity index (χ0) is 14.7. The fourth-order valence-corrected chi connectivity index (χ4v) is 3.67. The smallest absolute Gasteiger partial charge is 0.151 e. The lowest BCUT2D eigenvalue weighted by Crippen LogP contribution is -2.54. The van der Waals surface area contributed by atoms with Crippen molar-refractivity contribution in [3.05, 3.63) is 12.1 Å². The largest absolute Gasteiger partial charge is 0.353 e. The molecule has 3 rings (SSSR count). The molecule has 0 saturated carbocycles. The molecule has 2 aliphatic heterocycles. The second kappa shape index (κ2) is 6.94. The Kier molecular flexibility index (Phi) is 4.98. The van der Waals surface area contributed by atoms with E-state index < -0.39 is 0 Å². The molecule has 6 heteroatoms. The number of likely N-dealkylation sites (tertiary alicyclic amines) is 1. The minimum Gasteiger partial charge on any atom is -0.353 e. The number of rotatable bonds is 3. The van der Waals surface area contributed by atoms with E-state index in [0.717, 1.165) is 43.1 Å². The number of likely N-dealkylation sites (N-methyl/N-ethyl adjacent to an activating group) is 1. The molecule has 0 spiro atoms. The molecule has 0 aromatic carbocycles. The minimum atomic E-state index is 0.746. The summed E-state index contributed by atoms with van der Waals surface area (Å²) >= 11 is 1.64. The highest BCUT2D eigenvalue weighted by Gasteiger charge is 2.27. The molecule has 2 aliphatic rings. The van der Waals surface area contributed by atoms with Crippen molar-refractivity contribution >= 4 is 17.6 Å². The molecular formula is C15H25N5S. The number of anilines is 1. The van der Waals surface area contributed by atoms with Gasteiger partial charge in [0.15, 0.2) is 5.82 Å². The fraction of sp³-hybridized carbons (Fsp3) is 0.733. The molecule has 0 radical (unpaired) electrons. The Morgan fingerprint density at radius 2 is 1.90 bits per heavy atom. The van der Waals surface area contributed by atoms with Crippen molar-refractivity contribution in [2.24, 2.45) is 0 Å². The van der Waals surface area contributed by atoms with Gasteiger partial charge in [-0.15, -0.1) is 22.0 Å². The van der Waals surface area contributed by atoms with Crippen LogP contribution >= 0.6 is 11.8 Å². The van der Waals surface area contributed by atoms with Gasteiger partial charge in [0, 0.05) is 38.8 Å². The molecule has 2 fully saturated rings. The summed E-state index contributed by atoms with van der Waals surface area (Å²) in [6.07, 6.45) is 4.72. The lowest BCUT2D eigenvalue weighted by molar-refractivity contribution is 0.106. The molecule has 1 unspecified atom stereocenters. The molecule has 3 heterocycles. The van der Waals surface area contributed by atoms with Gasteiger partial charge in [0.2, 0.25) is 0 Å². The maximum absolute atomic E-state index is 4.35. The van der Waals surface area contributed by atoms with Crippen LogP contribution in [-0.2, 0) is 0 Å². The van der Waals surface area contributed by atoms with Gasteiger partial charge >= 0.3 is 0 Å². The maximum Gasteiger partial charge on any atom is 0.151 e. The van der Waals surface area contributed by atoms with Crippen molar-refractivity contribution in [3.8, 4) is 0 Å². The monoisotopic (exact) mass is 307 g/mol. The molecule has 5 nitrogen and oxygen atoms in total. The van der Waals surface area contributed by atoms with Crippen LogP contribution in [0.3, 0.4) is 0 Å². The Labute approximate surface area is 131 Å². The van der Waals surface area contributed by atoms with Gasteiger partial charge in [-0.05, 0) is 44.8 Å². The Morgan fingerprint density at radius 3 is 2.52 bits per heavy atom. The molecule has 1 aromatic heterocycles. The summed E-state index contributed by atoms with van der Waals surface area (Å²) in [6.45, 7) is 6.89. The summed E-state index contributed by atoms with van der Waals surface area (Å²) in [7, 11) is 2.24. The number of hydrogen-bond acceptors (Lipinski definition) is 6. The van der Waals surface area contributed by atoms with Crippen LogP contribution in [0.5, 0.6) is 0 Å². The van der Waals surface area contributed by atoms with E-state index in [0.29, 0.717) is 0 Å². The molecule has 1 aromatic rings. The lowest BCUT2D eigenvalue weighted by atomic mass is 10.0. The first-order chi connectivity index (χ1) is 10.3. The molecule has 0 amide bonds. The minimum absolute atomic E-state index is 0.746. The third kappa shape index (κ3) is 3.67. The summed E-state index contributed by atoms with van der Waals surface area (Å²) in [5.74, 6) is 1.02. The van der Waals surface area contributed by atoms with E-state index in [2.05, 4.69) is 44.1 Å². The lowest BCUT2D eigenvalue weighted by Gasteiger charge is -2.42. The van der Waals surface area contributed by atoms with E-state index in [1.165, 1.54) is 25.9 Å². The highest BCUT2D eigenvalue weighted by atomic mass is 32.2. The van der Waals surface area contributed by atoms with Crippen molar-refractivity contribution in [2.75, 3.05) is 57.5 Å². The van der Waals surface area contributed by atoms with Crippen LogP contribution in [0.4, 0.5) is 5.82 Å². The second-order valence-electron chi connectivity index (χ2n) is 6.02. The van der Waals surface area contributed by atoms with Crippen LogP contribution in [0.1, 0.15) is 12.8 Å². The van der Waals surface area contributed by atoms with Gasteiger partial charge in [-0.3, -0.25) is 4.90 Å². The van der Waals surface area contributed by atoms with Crippen LogP contribution < -0.4 is 4.90 Å². The van der Waals surface area contributed by atoms with Gasteiger partial charge in [0.1, 0.15) is 5.03 Å². The summed E-state index contributed by atoms with van der Waals surface area (Å²) in [5.41, 5.74) is 0. The Balaban J connectivity index is 1.54. The molecule has 116 valence electrons. The summed E-state index contributed by atoms with van der Waals surface area (Å²) in [4.78, 5) is 7.49. The molecule has 1 atom stereocenters. The number of nitrogens with zero attached hydrogens (tertiary/aromatic N) is 5. The van der Waals surface area contributed by atoms with Gasteiger partial charge in [0.05, 0.1) is 0 Å². The fourth-order valence-electron chi connectivity index (χ4n) is 3.34. The van der Waals surface area contributed by atoms with Crippen LogP contribution in [0, 0.1) is 0 Å².